The van der Waals surface area contributed by atoms with E-state index in [4.69, 9.17) is 9.47 Å². The van der Waals surface area contributed by atoms with Gasteiger partial charge in [-0.25, -0.2) is 9.67 Å². The van der Waals surface area contributed by atoms with Crippen molar-refractivity contribution in [3.05, 3.63) is 47.8 Å². The van der Waals surface area contributed by atoms with Crippen LogP contribution in [0, 0.1) is 5.92 Å². The maximum absolute atomic E-state index is 12.9. The maximum atomic E-state index is 12.9. The summed E-state index contributed by atoms with van der Waals surface area (Å²) in [6.45, 7) is 4.34. The van der Waals surface area contributed by atoms with Crippen LogP contribution in [0.15, 0.2) is 36.7 Å². The molecule has 1 aliphatic heterocycles. The number of nitrogens with zero attached hydrogens (tertiary/aromatic N) is 4. The van der Waals surface area contributed by atoms with Gasteiger partial charge in [0.25, 0.3) is 5.91 Å². The number of methoxy groups -OCH3 is 2. The Kier molecular flexibility index (Phi) is 5.38. The predicted molar refractivity (Wildman–Crippen MR) is 110 cm³/mol. The Bertz CT molecular complexity index is 1030. The Morgan fingerprint density at radius 1 is 1.21 bits per heavy atom. The number of aromatic nitrogens is 3. The number of benzene rings is 1. The minimum Gasteiger partial charge on any atom is -0.497 e. The molecule has 0 aliphatic carbocycles. The van der Waals surface area contributed by atoms with Crippen molar-refractivity contribution in [1.82, 2.24) is 19.7 Å². The number of fused-ring (bicyclic) bond motifs is 1. The van der Waals surface area contributed by atoms with Crippen LogP contribution in [0.4, 0.5) is 0 Å². The summed E-state index contributed by atoms with van der Waals surface area (Å²) in [4.78, 5) is 19.3. The molecule has 7 nitrogen and oxygen atoms in total. The third-order valence-corrected chi connectivity index (χ3v) is 5.48. The number of ether oxygens (including phenoxy) is 2. The van der Waals surface area contributed by atoms with Gasteiger partial charge in [0.05, 0.1) is 32.5 Å². The molecule has 3 aromatic rings. The second-order valence-electron chi connectivity index (χ2n) is 7.62. The highest BCUT2D eigenvalue weighted by Crippen LogP contribution is 2.26. The lowest BCUT2D eigenvalue weighted by Gasteiger charge is -2.30. The molecule has 29 heavy (non-hydrogen) atoms. The summed E-state index contributed by atoms with van der Waals surface area (Å²) in [5.74, 6) is 2.07. The Morgan fingerprint density at radius 3 is 2.83 bits per heavy atom. The monoisotopic (exact) mass is 394 g/mol. The second-order valence-corrected chi connectivity index (χ2v) is 7.62. The molecule has 1 unspecified atom stereocenters. The van der Waals surface area contributed by atoms with Gasteiger partial charge in [-0.05, 0) is 37.0 Å². The lowest BCUT2D eigenvalue weighted by Crippen LogP contribution is -2.39. The van der Waals surface area contributed by atoms with Crippen molar-refractivity contribution in [2.24, 2.45) is 5.92 Å². The van der Waals surface area contributed by atoms with Crippen molar-refractivity contribution < 1.29 is 14.3 Å². The maximum Gasteiger partial charge on any atom is 0.255 e. The summed E-state index contributed by atoms with van der Waals surface area (Å²) in [7, 11) is 3.26. The molecular weight excluding hydrogens is 368 g/mol. The highest BCUT2D eigenvalue weighted by atomic mass is 16.5. The molecule has 7 heteroatoms. The van der Waals surface area contributed by atoms with Gasteiger partial charge in [-0.15, -0.1) is 0 Å². The fraction of sp³-hybridized carbons (Fsp3) is 0.409. The van der Waals surface area contributed by atoms with Crippen LogP contribution in [-0.2, 0) is 6.54 Å². The summed E-state index contributed by atoms with van der Waals surface area (Å²) in [5.41, 5.74) is 2.34. The van der Waals surface area contributed by atoms with E-state index in [1.165, 1.54) is 6.42 Å². The summed E-state index contributed by atoms with van der Waals surface area (Å²) in [6, 6.07) is 7.59. The average molecular weight is 394 g/mol. The Morgan fingerprint density at radius 2 is 2.07 bits per heavy atom. The highest BCUT2D eigenvalue weighted by molar-refractivity contribution is 5.96. The van der Waals surface area contributed by atoms with Gasteiger partial charge in [-0.3, -0.25) is 4.79 Å². The van der Waals surface area contributed by atoms with E-state index in [-0.39, 0.29) is 5.91 Å². The van der Waals surface area contributed by atoms with Crippen LogP contribution in [0.5, 0.6) is 11.5 Å². The van der Waals surface area contributed by atoms with Crippen molar-refractivity contribution in [2.45, 2.75) is 26.3 Å². The van der Waals surface area contributed by atoms with E-state index in [1.807, 2.05) is 33.8 Å². The third-order valence-electron chi connectivity index (χ3n) is 5.48. The summed E-state index contributed by atoms with van der Waals surface area (Å²) in [5, 5.41) is 5.33. The molecule has 0 bridgehead atoms. The number of carbonyl (C=O) groups is 1. The van der Waals surface area contributed by atoms with E-state index < -0.39 is 0 Å². The summed E-state index contributed by atoms with van der Waals surface area (Å²) in [6.07, 6.45) is 5.66. The van der Waals surface area contributed by atoms with Crippen molar-refractivity contribution >= 4 is 16.9 Å². The molecule has 1 atom stereocenters. The minimum absolute atomic E-state index is 0.0514. The van der Waals surface area contributed by atoms with Crippen LogP contribution in [-0.4, -0.2) is 52.9 Å². The van der Waals surface area contributed by atoms with Crippen LogP contribution in [0.1, 0.15) is 35.7 Å². The summed E-state index contributed by atoms with van der Waals surface area (Å²) >= 11 is 0. The van der Waals surface area contributed by atoms with Crippen molar-refractivity contribution in [3.8, 4) is 11.5 Å². The van der Waals surface area contributed by atoms with Gasteiger partial charge in [0.2, 0.25) is 0 Å². The fourth-order valence-corrected chi connectivity index (χ4v) is 3.90. The number of hydrogen-bond acceptors (Lipinski definition) is 5. The zero-order chi connectivity index (χ0) is 20.4. The van der Waals surface area contributed by atoms with Crippen LogP contribution < -0.4 is 9.47 Å². The van der Waals surface area contributed by atoms with E-state index in [1.54, 1.807) is 26.6 Å². The van der Waals surface area contributed by atoms with E-state index in [9.17, 15) is 4.79 Å². The zero-order valence-corrected chi connectivity index (χ0v) is 17.1. The standard InChI is InChI=1S/C22H26N4O3/c1-15-5-4-8-25(13-15)22(27)18-9-17-12-24-26(21(17)23-11-18)14-16-6-7-19(28-2)10-20(16)29-3/h6-7,9-12,15H,4-5,8,13-14H2,1-3H3. The van der Waals surface area contributed by atoms with Crippen LogP contribution >= 0.6 is 0 Å². The number of piperidine rings is 1. The van der Waals surface area contributed by atoms with E-state index >= 15 is 0 Å². The molecule has 0 spiro atoms. The number of pyridine rings is 1. The van der Waals surface area contributed by atoms with E-state index in [0.717, 1.165) is 47.6 Å². The van der Waals surface area contributed by atoms with Crippen LogP contribution in [0.2, 0.25) is 0 Å². The van der Waals surface area contributed by atoms with Gasteiger partial charge in [-0.1, -0.05) is 6.92 Å². The number of likely N-dealkylation sites (tertiary alicyclic amines) is 1. The number of rotatable bonds is 5. The van der Waals surface area contributed by atoms with Gasteiger partial charge in [-0.2, -0.15) is 5.10 Å². The highest BCUT2D eigenvalue weighted by Gasteiger charge is 2.23. The topological polar surface area (TPSA) is 69.5 Å². The Hall–Kier alpha value is -3.09. The van der Waals surface area contributed by atoms with Crippen LogP contribution in [0.3, 0.4) is 0 Å². The largest absolute Gasteiger partial charge is 0.497 e. The first-order valence-corrected chi connectivity index (χ1v) is 9.90. The van der Waals surface area contributed by atoms with Crippen molar-refractivity contribution in [3.63, 3.8) is 0 Å². The lowest BCUT2D eigenvalue weighted by atomic mass is 10.00. The van der Waals surface area contributed by atoms with E-state index in [0.29, 0.717) is 18.0 Å². The van der Waals surface area contributed by atoms with Crippen molar-refractivity contribution in [2.75, 3.05) is 27.3 Å². The first kappa shape index (κ1) is 19.2. The smallest absolute Gasteiger partial charge is 0.255 e. The average Bonchev–Trinajstić information content (AvgIpc) is 3.15. The SMILES string of the molecule is COc1ccc(Cn2ncc3cc(C(=O)N4CCCC(C)C4)cnc32)c(OC)c1. The molecular formula is C22H26N4O3. The molecule has 2 aromatic heterocycles. The Labute approximate surface area is 170 Å². The zero-order valence-electron chi connectivity index (χ0n) is 17.1. The molecule has 0 radical (unpaired) electrons. The minimum atomic E-state index is 0.0514. The molecule has 1 aliphatic rings. The number of carbonyl (C=O) groups excluding carboxylic acids is 1. The van der Waals surface area contributed by atoms with Gasteiger partial charge in [0, 0.05) is 36.3 Å². The second kappa shape index (κ2) is 8.11. The summed E-state index contributed by atoms with van der Waals surface area (Å²) < 4.78 is 12.6. The third kappa shape index (κ3) is 3.90. The first-order chi connectivity index (χ1) is 14.1. The number of hydrogen-bond donors (Lipinski definition) is 0. The quantitative estimate of drug-likeness (QED) is 0.664. The molecule has 1 saturated heterocycles. The van der Waals surface area contributed by atoms with Crippen molar-refractivity contribution in [1.29, 1.82) is 0 Å². The Balaban J connectivity index is 1.58. The van der Waals surface area contributed by atoms with Gasteiger partial charge < -0.3 is 14.4 Å². The lowest BCUT2D eigenvalue weighted by molar-refractivity contribution is 0.0683. The first-order valence-electron chi connectivity index (χ1n) is 9.90. The molecule has 1 fully saturated rings. The molecule has 0 N–H and O–H groups in total. The molecule has 152 valence electrons. The molecule has 1 aromatic carbocycles. The number of amides is 1. The van der Waals surface area contributed by atoms with Gasteiger partial charge in [0.15, 0.2) is 5.65 Å². The van der Waals surface area contributed by atoms with Gasteiger partial charge >= 0.3 is 0 Å². The molecule has 4 rings (SSSR count). The fourth-order valence-electron chi connectivity index (χ4n) is 3.90. The van der Waals surface area contributed by atoms with E-state index in [2.05, 4.69) is 17.0 Å². The predicted octanol–water partition coefficient (Wildman–Crippen LogP) is 3.37. The molecule has 1 amide bonds. The van der Waals surface area contributed by atoms with Crippen LogP contribution in [0.25, 0.3) is 11.0 Å². The molecule has 3 heterocycles. The van der Waals surface area contributed by atoms with Gasteiger partial charge in [0.1, 0.15) is 11.5 Å². The normalized spacial score (nSPS) is 16.8. The molecule has 0 saturated carbocycles.